The largest absolute Gasteiger partial charge is 0.394 e. The number of carbonyl (C=O) groups excluding carboxylic acids is 4. The van der Waals surface area contributed by atoms with Crippen molar-refractivity contribution in [3.8, 4) is 0 Å². The minimum absolute atomic E-state index is 0.0297. The Morgan fingerprint density at radius 1 is 1.10 bits per heavy atom. The maximum Gasteiger partial charge on any atom is 0.270 e. The molecule has 0 radical (unpaired) electrons. The number of primary amides is 1. The van der Waals surface area contributed by atoms with E-state index < -0.39 is 29.4 Å². The molecule has 2 saturated heterocycles. The number of fused-ring (bicyclic) bond motifs is 1. The zero-order chi connectivity index (χ0) is 29.1. The van der Waals surface area contributed by atoms with Crippen molar-refractivity contribution in [1.82, 2.24) is 14.7 Å². The van der Waals surface area contributed by atoms with E-state index >= 15 is 4.39 Å². The molecule has 0 bridgehead atoms. The zero-order valence-electron chi connectivity index (χ0n) is 22.7. The molecule has 11 nitrogen and oxygen atoms in total. The number of anilines is 1. The first kappa shape index (κ1) is 28.8. The van der Waals surface area contributed by atoms with Crippen LogP contribution in [0.4, 0.5) is 10.1 Å². The number of benzene rings is 2. The van der Waals surface area contributed by atoms with Crippen LogP contribution in [-0.4, -0.2) is 95.5 Å². The first-order chi connectivity index (χ1) is 19.8. The number of hydrogen-bond donors (Lipinski definition) is 3. The fourth-order valence-electron chi connectivity index (χ4n) is 5.64. The number of nitrogens with zero attached hydrogens (tertiary/aromatic N) is 3. The molecule has 218 valence electrons. The number of carbonyl (C=O) groups is 4. The predicted octanol–water partition coefficient (Wildman–Crippen LogP) is 1.27. The van der Waals surface area contributed by atoms with Gasteiger partial charge in [0.2, 0.25) is 11.8 Å². The quantitative estimate of drug-likeness (QED) is 0.342. The van der Waals surface area contributed by atoms with Gasteiger partial charge in [-0.2, -0.15) is 0 Å². The van der Waals surface area contributed by atoms with Gasteiger partial charge in [-0.3, -0.25) is 29.0 Å². The third kappa shape index (κ3) is 6.01. The minimum atomic E-state index is -0.760. The van der Waals surface area contributed by atoms with Crippen LogP contribution in [0.3, 0.4) is 0 Å². The standard InChI is InChI=1S/C29H34FN5O6/c30-22-13-18(24(17-36)34-15-20(16-34)33-9-11-41-12-10-33)7-8-19(22)14-32-23-4-1-3-21-27(23)29(40)35(28(21)39)26(38)6-2-5-25(31)37/h1,3-4,7-8,13,20,24,32,36H,2,5-6,9-12,14-17H2,(H2,31,37). The molecule has 0 aromatic heterocycles. The summed E-state index contributed by atoms with van der Waals surface area (Å²) in [4.78, 5) is 54.5. The summed E-state index contributed by atoms with van der Waals surface area (Å²) in [6, 6.07) is 9.59. The lowest BCUT2D eigenvalue weighted by Crippen LogP contribution is -2.62. The number of likely N-dealkylation sites (tertiary alicyclic amines) is 1. The fourth-order valence-corrected chi connectivity index (χ4v) is 5.64. The summed E-state index contributed by atoms with van der Waals surface area (Å²) >= 11 is 0. The van der Waals surface area contributed by atoms with Gasteiger partial charge in [0.1, 0.15) is 5.82 Å². The lowest BCUT2D eigenvalue weighted by atomic mass is 9.97. The Balaban J connectivity index is 1.22. The van der Waals surface area contributed by atoms with E-state index in [1.807, 2.05) is 0 Å². The van der Waals surface area contributed by atoms with E-state index in [1.54, 1.807) is 24.3 Å². The minimum Gasteiger partial charge on any atom is -0.394 e. The summed E-state index contributed by atoms with van der Waals surface area (Å²) in [5, 5.41) is 13.1. The van der Waals surface area contributed by atoms with E-state index in [-0.39, 0.29) is 49.6 Å². The number of ether oxygens (including phenoxy) is 1. The normalized spacial score (nSPS) is 18.7. The van der Waals surface area contributed by atoms with Crippen molar-refractivity contribution >= 4 is 29.3 Å². The third-order valence-corrected chi connectivity index (χ3v) is 7.98. The molecule has 12 heteroatoms. The van der Waals surface area contributed by atoms with Gasteiger partial charge in [0.25, 0.3) is 11.8 Å². The molecule has 4 N–H and O–H groups in total. The van der Waals surface area contributed by atoms with Gasteiger partial charge in [0, 0.05) is 62.9 Å². The molecular weight excluding hydrogens is 533 g/mol. The van der Waals surface area contributed by atoms with E-state index in [2.05, 4.69) is 15.1 Å². The molecule has 0 saturated carbocycles. The smallest absolute Gasteiger partial charge is 0.270 e. The number of aliphatic hydroxyl groups is 1. The molecule has 41 heavy (non-hydrogen) atoms. The molecule has 1 atom stereocenters. The number of amides is 4. The van der Waals surface area contributed by atoms with E-state index in [0.717, 1.165) is 39.4 Å². The summed E-state index contributed by atoms with van der Waals surface area (Å²) in [6.45, 7) is 4.75. The summed E-state index contributed by atoms with van der Waals surface area (Å²) in [5.74, 6) is -3.23. The van der Waals surface area contributed by atoms with Crippen molar-refractivity contribution in [2.24, 2.45) is 5.73 Å². The van der Waals surface area contributed by atoms with E-state index in [0.29, 0.717) is 27.8 Å². The number of halogens is 1. The summed E-state index contributed by atoms with van der Waals surface area (Å²) in [6.07, 6.45) is -0.0712. The molecule has 2 fully saturated rings. The summed E-state index contributed by atoms with van der Waals surface area (Å²) < 4.78 is 20.6. The zero-order valence-corrected chi connectivity index (χ0v) is 22.7. The molecule has 3 aliphatic rings. The van der Waals surface area contributed by atoms with Crippen molar-refractivity contribution in [3.63, 3.8) is 0 Å². The van der Waals surface area contributed by atoms with Crippen molar-refractivity contribution in [2.75, 3.05) is 51.3 Å². The average Bonchev–Trinajstić information content (AvgIpc) is 3.20. The molecule has 0 aliphatic carbocycles. The van der Waals surface area contributed by atoms with Crippen LogP contribution in [0.5, 0.6) is 0 Å². The van der Waals surface area contributed by atoms with Crippen LogP contribution in [0.15, 0.2) is 36.4 Å². The van der Waals surface area contributed by atoms with Gasteiger partial charge in [0.15, 0.2) is 0 Å². The SMILES string of the molecule is NC(=O)CCCC(=O)N1C(=O)c2cccc(NCc3ccc(C(CO)N4CC(N5CCOCC5)C4)cc3F)c2C1=O. The Kier molecular flexibility index (Phi) is 8.74. The van der Waals surface area contributed by atoms with Crippen molar-refractivity contribution in [3.05, 3.63) is 64.5 Å². The van der Waals surface area contributed by atoms with E-state index in [1.165, 1.54) is 12.1 Å². The van der Waals surface area contributed by atoms with Crippen molar-refractivity contribution < 1.29 is 33.4 Å². The molecule has 0 spiro atoms. The van der Waals surface area contributed by atoms with Crippen LogP contribution >= 0.6 is 0 Å². The number of imide groups is 3. The lowest BCUT2D eigenvalue weighted by Gasteiger charge is -2.49. The van der Waals surface area contributed by atoms with Crippen molar-refractivity contribution in [1.29, 1.82) is 0 Å². The maximum atomic E-state index is 15.2. The average molecular weight is 568 g/mol. The monoisotopic (exact) mass is 567 g/mol. The first-order valence-electron chi connectivity index (χ1n) is 13.8. The fraction of sp³-hybridized carbons (Fsp3) is 0.448. The first-order valence-corrected chi connectivity index (χ1v) is 13.8. The Morgan fingerprint density at radius 3 is 2.54 bits per heavy atom. The van der Waals surface area contributed by atoms with E-state index in [4.69, 9.17) is 10.5 Å². The summed E-state index contributed by atoms with van der Waals surface area (Å²) in [7, 11) is 0. The van der Waals surface area contributed by atoms with Gasteiger partial charge < -0.3 is 20.9 Å². The van der Waals surface area contributed by atoms with Crippen LogP contribution in [0.2, 0.25) is 0 Å². The second kappa shape index (κ2) is 12.4. The van der Waals surface area contributed by atoms with E-state index in [9.17, 15) is 24.3 Å². The lowest BCUT2D eigenvalue weighted by molar-refractivity contribution is -0.126. The molecule has 3 heterocycles. The molecule has 3 aliphatic heterocycles. The number of aliphatic hydroxyl groups excluding tert-OH is 1. The highest BCUT2D eigenvalue weighted by Gasteiger charge is 2.41. The molecule has 2 aromatic rings. The molecule has 1 unspecified atom stereocenters. The summed E-state index contributed by atoms with van der Waals surface area (Å²) in [5.41, 5.74) is 6.55. The highest BCUT2D eigenvalue weighted by molar-refractivity contribution is 6.30. The van der Waals surface area contributed by atoms with Gasteiger partial charge >= 0.3 is 0 Å². The van der Waals surface area contributed by atoms with Gasteiger partial charge in [-0.25, -0.2) is 9.29 Å². The Labute approximate surface area is 237 Å². The number of morpholine rings is 1. The van der Waals surface area contributed by atoms with Gasteiger partial charge in [-0.1, -0.05) is 18.2 Å². The van der Waals surface area contributed by atoms with Crippen LogP contribution in [0.25, 0.3) is 0 Å². The van der Waals surface area contributed by atoms with Gasteiger partial charge in [0.05, 0.1) is 37.0 Å². The van der Waals surface area contributed by atoms with Gasteiger partial charge in [-0.05, 0) is 30.2 Å². The van der Waals surface area contributed by atoms with Crippen LogP contribution in [-0.2, 0) is 20.9 Å². The van der Waals surface area contributed by atoms with Crippen LogP contribution < -0.4 is 11.1 Å². The highest BCUT2D eigenvalue weighted by Crippen LogP contribution is 2.32. The molecular formula is C29H34FN5O6. The Morgan fingerprint density at radius 2 is 1.85 bits per heavy atom. The Bertz CT molecular complexity index is 1340. The molecule has 5 rings (SSSR count). The second-order valence-electron chi connectivity index (χ2n) is 10.5. The number of hydrogen-bond acceptors (Lipinski definition) is 9. The predicted molar refractivity (Wildman–Crippen MR) is 146 cm³/mol. The van der Waals surface area contributed by atoms with Crippen LogP contribution in [0, 0.1) is 5.82 Å². The number of rotatable bonds is 11. The number of nitrogens with two attached hydrogens (primary N) is 1. The van der Waals surface area contributed by atoms with Crippen molar-refractivity contribution in [2.45, 2.75) is 37.9 Å². The maximum absolute atomic E-state index is 15.2. The van der Waals surface area contributed by atoms with Crippen LogP contribution in [0.1, 0.15) is 57.1 Å². The highest BCUT2D eigenvalue weighted by atomic mass is 19.1. The Hall–Kier alpha value is -3.71. The third-order valence-electron chi connectivity index (χ3n) is 7.98. The second-order valence-corrected chi connectivity index (χ2v) is 10.5. The van der Waals surface area contributed by atoms with Gasteiger partial charge in [-0.15, -0.1) is 0 Å². The number of nitrogens with one attached hydrogen (secondary N) is 1. The molecule has 4 amide bonds. The topological polar surface area (TPSA) is 146 Å². The molecule has 2 aromatic carbocycles.